The molecule has 0 amide bonds. The van der Waals surface area contributed by atoms with Gasteiger partial charge in [-0.3, -0.25) is 0 Å². The van der Waals surface area contributed by atoms with E-state index in [1.807, 2.05) is 14.1 Å². The molecule has 0 atom stereocenters. The summed E-state index contributed by atoms with van der Waals surface area (Å²) in [5.41, 5.74) is 0.140. The second-order valence-corrected chi connectivity index (χ2v) is 4.44. The van der Waals surface area contributed by atoms with Crippen LogP contribution in [0.2, 0.25) is 0 Å². The predicted molar refractivity (Wildman–Crippen MR) is 60.5 cm³/mol. The predicted octanol–water partition coefficient (Wildman–Crippen LogP) is 1.43. The monoisotopic (exact) mass is 226 g/mol. The van der Waals surface area contributed by atoms with Crippen molar-refractivity contribution < 1.29 is 9.90 Å². The van der Waals surface area contributed by atoms with Crippen molar-refractivity contribution >= 4 is 17.7 Å². The Morgan fingerprint density at radius 2 is 2.33 bits per heavy atom. The average molecular weight is 226 g/mol. The Bertz CT molecular complexity index is 342. The largest absolute Gasteiger partial charge is 0.476 e. The molecule has 0 spiro atoms. The third kappa shape index (κ3) is 3.89. The standard InChI is InChI=1S/C10H14N2O2S/c1-12(2)6-7-15-8-4-3-5-11-9(8)10(13)14/h3-5H,6-7H2,1-2H3,(H,13,14). The summed E-state index contributed by atoms with van der Waals surface area (Å²) in [4.78, 5) is 17.5. The first-order chi connectivity index (χ1) is 7.11. The summed E-state index contributed by atoms with van der Waals surface area (Å²) < 4.78 is 0. The summed E-state index contributed by atoms with van der Waals surface area (Å²) in [6.07, 6.45) is 1.50. The molecule has 0 aliphatic heterocycles. The third-order valence-electron chi connectivity index (χ3n) is 1.77. The van der Waals surface area contributed by atoms with Crippen LogP contribution in [-0.2, 0) is 0 Å². The Labute approximate surface area is 93.3 Å². The molecular weight excluding hydrogens is 212 g/mol. The first kappa shape index (κ1) is 12.0. The highest BCUT2D eigenvalue weighted by atomic mass is 32.2. The van der Waals surface area contributed by atoms with Crippen LogP contribution in [0.4, 0.5) is 0 Å². The second kappa shape index (κ2) is 5.72. The van der Waals surface area contributed by atoms with Gasteiger partial charge in [0.05, 0.1) is 0 Å². The van der Waals surface area contributed by atoms with Crippen LogP contribution in [-0.4, -0.2) is 47.4 Å². The van der Waals surface area contributed by atoms with Gasteiger partial charge in [-0.25, -0.2) is 9.78 Å². The fraction of sp³-hybridized carbons (Fsp3) is 0.400. The van der Waals surface area contributed by atoms with E-state index in [2.05, 4.69) is 9.88 Å². The first-order valence-corrected chi connectivity index (χ1v) is 5.55. The SMILES string of the molecule is CN(C)CCSc1cccnc1C(=O)O. The molecule has 0 saturated carbocycles. The van der Waals surface area contributed by atoms with Gasteiger partial charge in [0.15, 0.2) is 5.69 Å². The van der Waals surface area contributed by atoms with Gasteiger partial charge in [0.2, 0.25) is 0 Å². The highest BCUT2D eigenvalue weighted by Crippen LogP contribution is 2.20. The van der Waals surface area contributed by atoms with Crippen LogP contribution in [0.3, 0.4) is 0 Å². The van der Waals surface area contributed by atoms with Crippen LogP contribution in [0.1, 0.15) is 10.5 Å². The lowest BCUT2D eigenvalue weighted by molar-refractivity contribution is 0.0686. The van der Waals surface area contributed by atoms with Crippen LogP contribution in [0.15, 0.2) is 23.2 Å². The Hall–Kier alpha value is -1.07. The molecule has 0 aromatic carbocycles. The third-order valence-corrected chi connectivity index (χ3v) is 2.80. The number of thioether (sulfide) groups is 1. The number of aromatic carboxylic acids is 1. The van der Waals surface area contributed by atoms with Gasteiger partial charge in [-0.1, -0.05) is 0 Å². The van der Waals surface area contributed by atoms with E-state index in [0.717, 1.165) is 17.2 Å². The second-order valence-electron chi connectivity index (χ2n) is 3.31. The molecule has 1 N–H and O–H groups in total. The van der Waals surface area contributed by atoms with Gasteiger partial charge in [-0.05, 0) is 26.2 Å². The number of rotatable bonds is 5. The molecule has 1 rings (SSSR count). The van der Waals surface area contributed by atoms with Gasteiger partial charge in [-0.15, -0.1) is 11.8 Å². The van der Waals surface area contributed by atoms with Crippen LogP contribution < -0.4 is 0 Å². The van der Waals surface area contributed by atoms with Gasteiger partial charge < -0.3 is 10.0 Å². The molecule has 0 aliphatic rings. The molecule has 0 aliphatic carbocycles. The Balaban J connectivity index is 2.63. The van der Waals surface area contributed by atoms with Crippen molar-refractivity contribution in [1.29, 1.82) is 0 Å². The first-order valence-electron chi connectivity index (χ1n) is 4.57. The van der Waals surface area contributed by atoms with Crippen molar-refractivity contribution in [3.63, 3.8) is 0 Å². The summed E-state index contributed by atoms with van der Waals surface area (Å²) in [5, 5.41) is 8.89. The van der Waals surface area contributed by atoms with Crippen LogP contribution in [0.5, 0.6) is 0 Å². The molecule has 0 radical (unpaired) electrons. The molecule has 1 aromatic rings. The van der Waals surface area contributed by atoms with E-state index in [9.17, 15) is 4.79 Å². The summed E-state index contributed by atoms with van der Waals surface area (Å²) in [6.45, 7) is 0.915. The van der Waals surface area contributed by atoms with Gasteiger partial charge in [0, 0.05) is 23.4 Å². The molecule has 82 valence electrons. The van der Waals surface area contributed by atoms with E-state index in [4.69, 9.17) is 5.11 Å². The summed E-state index contributed by atoms with van der Waals surface area (Å²) in [7, 11) is 3.98. The zero-order valence-electron chi connectivity index (χ0n) is 8.80. The number of carbonyl (C=O) groups is 1. The molecule has 1 aromatic heterocycles. The van der Waals surface area contributed by atoms with Crippen LogP contribution in [0, 0.1) is 0 Å². The number of hydrogen-bond donors (Lipinski definition) is 1. The Morgan fingerprint density at radius 3 is 2.93 bits per heavy atom. The number of pyridine rings is 1. The minimum Gasteiger partial charge on any atom is -0.476 e. The van der Waals surface area contributed by atoms with E-state index in [0.29, 0.717) is 0 Å². The van der Waals surface area contributed by atoms with E-state index in [1.165, 1.54) is 18.0 Å². The average Bonchev–Trinajstić information content (AvgIpc) is 2.17. The zero-order chi connectivity index (χ0) is 11.3. The lowest BCUT2D eigenvalue weighted by atomic mass is 10.3. The molecule has 0 saturated heterocycles. The van der Waals surface area contributed by atoms with E-state index in [1.54, 1.807) is 12.1 Å². The van der Waals surface area contributed by atoms with E-state index < -0.39 is 5.97 Å². The van der Waals surface area contributed by atoms with Crippen LogP contribution in [0.25, 0.3) is 0 Å². The summed E-state index contributed by atoms with van der Waals surface area (Å²) in [5.74, 6) is -0.109. The van der Waals surface area contributed by atoms with Gasteiger partial charge in [0.1, 0.15) is 0 Å². The highest BCUT2D eigenvalue weighted by Gasteiger charge is 2.10. The maximum absolute atomic E-state index is 10.8. The fourth-order valence-electron chi connectivity index (χ4n) is 1.01. The zero-order valence-corrected chi connectivity index (χ0v) is 9.62. The lowest BCUT2D eigenvalue weighted by Gasteiger charge is -2.09. The Kier molecular flexibility index (Phi) is 4.58. The molecule has 15 heavy (non-hydrogen) atoms. The molecule has 0 bridgehead atoms. The maximum atomic E-state index is 10.8. The molecule has 4 nitrogen and oxygen atoms in total. The fourth-order valence-corrected chi connectivity index (χ4v) is 2.13. The Morgan fingerprint density at radius 1 is 1.60 bits per heavy atom. The van der Waals surface area contributed by atoms with Crippen molar-refractivity contribution in [3.05, 3.63) is 24.0 Å². The topological polar surface area (TPSA) is 53.4 Å². The quantitative estimate of drug-likeness (QED) is 0.770. The minimum atomic E-state index is -0.969. The van der Waals surface area contributed by atoms with E-state index >= 15 is 0 Å². The number of carboxylic acid groups (broad SMARTS) is 1. The number of aromatic nitrogens is 1. The van der Waals surface area contributed by atoms with E-state index in [-0.39, 0.29) is 5.69 Å². The van der Waals surface area contributed by atoms with Crippen molar-refractivity contribution in [3.8, 4) is 0 Å². The summed E-state index contributed by atoms with van der Waals surface area (Å²) in [6, 6.07) is 3.54. The normalized spacial score (nSPS) is 10.6. The highest BCUT2D eigenvalue weighted by molar-refractivity contribution is 7.99. The van der Waals surface area contributed by atoms with Crippen molar-refractivity contribution in [2.45, 2.75) is 4.90 Å². The van der Waals surface area contributed by atoms with Gasteiger partial charge >= 0.3 is 5.97 Å². The molecular formula is C10H14N2O2S. The molecule has 1 heterocycles. The molecule has 0 unspecified atom stereocenters. The van der Waals surface area contributed by atoms with Crippen molar-refractivity contribution in [2.75, 3.05) is 26.4 Å². The van der Waals surface area contributed by atoms with Gasteiger partial charge in [-0.2, -0.15) is 0 Å². The molecule has 5 heteroatoms. The minimum absolute atomic E-state index is 0.140. The number of nitrogens with zero attached hydrogens (tertiary/aromatic N) is 2. The summed E-state index contributed by atoms with van der Waals surface area (Å²) >= 11 is 1.52. The van der Waals surface area contributed by atoms with Crippen molar-refractivity contribution in [2.24, 2.45) is 0 Å². The van der Waals surface area contributed by atoms with Gasteiger partial charge in [0.25, 0.3) is 0 Å². The van der Waals surface area contributed by atoms with Crippen molar-refractivity contribution in [1.82, 2.24) is 9.88 Å². The number of carboxylic acids is 1. The lowest BCUT2D eigenvalue weighted by Crippen LogP contribution is -2.15. The smallest absolute Gasteiger partial charge is 0.355 e. The number of hydrogen-bond acceptors (Lipinski definition) is 4. The molecule has 0 fully saturated rings. The van der Waals surface area contributed by atoms with Crippen LogP contribution >= 0.6 is 11.8 Å². The maximum Gasteiger partial charge on any atom is 0.355 e.